The van der Waals surface area contributed by atoms with Crippen LogP contribution in [0, 0.1) is 11.3 Å². The standard InChI is InChI=1S/C10H7F2NO/c1-2-7-3-8(6-13)5-9(4-7)14-10(11)12/h2-5,10H,1H2. The molecule has 0 unspecified atom stereocenters. The summed E-state index contributed by atoms with van der Waals surface area (Å²) in [5, 5.41) is 8.59. The Labute approximate surface area is 80.0 Å². The van der Waals surface area contributed by atoms with Crippen LogP contribution in [0.5, 0.6) is 5.75 Å². The van der Waals surface area contributed by atoms with E-state index >= 15 is 0 Å². The molecule has 0 fully saturated rings. The third kappa shape index (κ3) is 2.56. The van der Waals surface area contributed by atoms with Crippen molar-refractivity contribution in [3.8, 4) is 11.8 Å². The van der Waals surface area contributed by atoms with Gasteiger partial charge in [-0.3, -0.25) is 0 Å². The van der Waals surface area contributed by atoms with E-state index < -0.39 is 6.61 Å². The Morgan fingerprint density at radius 2 is 2.14 bits per heavy atom. The minimum absolute atomic E-state index is 0.0334. The summed E-state index contributed by atoms with van der Waals surface area (Å²) in [6.07, 6.45) is 1.46. The zero-order valence-corrected chi connectivity index (χ0v) is 7.21. The van der Waals surface area contributed by atoms with Gasteiger partial charge in [0.25, 0.3) is 0 Å². The van der Waals surface area contributed by atoms with Crippen LogP contribution in [0.2, 0.25) is 0 Å². The predicted molar refractivity (Wildman–Crippen MR) is 47.9 cm³/mol. The van der Waals surface area contributed by atoms with Crippen molar-refractivity contribution < 1.29 is 13.5 Å². The summed E-state index contributed by atoms with van der Waals surface area (Å²) >= 11 is 0. The first-order valence-corrected chi connectivity index (χ1v) is 3.78. The number of nitriles is 1. The molecular formula is C10H7F2NO. The van der Waals surface area contributed by atoms with Crippen LogP contribution in [0.3, 0.4) is 0 Å². The van der Waals surface area contributed by atoms with E-state index in [9.17, 15) is 8.78 Å². The van der Waals surface area contributed by atoms with Crippen LogP contribution < -0.4 is 4.74 Å². The van der Waals surface area contributed by atoms with Crippen molar-refractivity contribution in [2.75, 3.05) is 0 Å². The third-order valence-corrected chi connectivity index (χ3v) is 1.52. The Kier molecular flexibility index (Phi) is 3.19. The number of nitrogens with zero attached hydrogens (tertiary/aromatic N) is 1. The molecule has 0 saturated carbocycles. The Morgan fingerprint density at radius 1 is 1.43 bits per heavy atom. The second kappa shape index (κ2) is 4.38. The quantitative estimate of drug-likeness (QED) is 0.742. The molecule has 1 aromatic carbocycles. The summed E-state index contributed by atoms with van der Waals surface area (Å²) < 4.78 is 27.9. The van der Waals surface area contributed by atoms with Gasteiger partial charge in [0.1, 0.15) is 5.75 Å². The summed E-state index contributed by atoms with van der Waals surface area (Å²) in [6, 6.07) is 6.01. The molecule has 0 radical (unpaired) electrons. The van der Waals surface area contributed by atoms with Gasteiger partial charge in [-0.25, -0.2) is 0 Å². The molecular weight excluding hydrogens is 188 g/mol. The number of hydrogen-bond donors (Lipinski definition) is 0. The average molecular weight is 195 g/mol. The highest BCUT2D eigenvalue weighted by atomic mass is 19.3. The van der Waals surface area contributed by atoms with Crippen molar-refractivity contribution in [1.29, 1.82) is 5.26 Å². The first-order chi connectivity index (χ1) is 6.65. The molecule has 0 aromatic heterocycles. The molecule has 1 rings (SSSR count). The van der Waals surface area contributed by atoms with Crippen molar-refractivity contribution in [2.24, 2.45) is 0 Å². The van der Waals surface area contributed by atoms with Crippen LogP contribution in [-0.4, -0.2) is 6.61 Å². The number of rotatable bonds is 3. The summed E-state index contributed by atoms with van der Waals surface area (Å²) in [4.78, 5) is 0. The van der Waals surface area contributed by atoms with Crippen LogP contribution >= 0.6 is 0 Å². The fourth-order valence-electron chi connectivity index (χ4n) is 0.975. The smallest absolute Gasteiger partial charge is 0.387 e. The lowest BCUT2D eigenvalue weighted by molar-refractivity contribution is -0.0498. The number of ether oxygens (including phenoxy) is 1. The first-order valence-electron chi connectivity index (χ1n) is 3.78. The third-order valence-electron chi connectivity index (χ3n) is 1.52. The van der Waals surface area contributed by atoms with Gasteiger partial charge in [-0.05, 0) is 23.8 Å². The zero-order chi connectivity index (χ0) is 10.6. The van der Waals surface area contributed by atoms with Crippen LogP contribution in [0.1, 0.15) is 11.1 Å². The van der Waals surface area contributed by atoms with Gasteiger partial charge in [-0.15, -0.1) is 0 Å². The molecule has 0 aliphatic carbocycles. The van der Waals surface area contributed by atoms with Crippen LogP contribution in [0.25, 0.3) is 6.08 Å². The fourth-order valence-corrected chi connectivity index (χ4v) is 0.975. The molecule has 0 spiro atoms. The SMILES string of the molecule is C=Cc1cc(C#N)cc(OC(F)F)c1. The second-order valence-electron chi connectivity index (χ2n) is 2.49. The molecule has 14 heavy (non-hydrogen) atoms. The molecule has 0 N–H and O–H groups in total. The molecule has 1 aromatic rings. The van der Waals surface area contributed by atoms with E-state index in [2.05, 4.69) is 11.3 Å². The van der Waals surface area contributed by atoms with E-state index in [0.717, 1.165) is 0 Å². The molecule has 2 nitrogen and oxygen atoms in total. The molecule has 0 bridgehead atoms. The molecule has 0 aliphatic heterocycles. The maximum Gasteiger partial charge on any atom is 0.387 e. The van der Waals surface area contributed by atoms with E-state index in [1.165, 1.54) is 24.3 Å². The first kappa shape index (κ1) is 10.2. The van der Waals surface area contributed by atoms with Crippen molar-refractivity contribution >= 4 is 6.08 Å². The molecule has 0 heterocycles. The van der Waals surface area contributed by atoms with E-state index in [-0.39, 0.29) is 11.3 Å². The van der Waals surface area contributed by atoms with E-state index in [1.807, 2.05) is 6.07 Å². The number of benzene rings is 1. The van der Waals surface area contributed by atoms with Gasteiger partial charge in [0.15, 0.2) is 0 Å². The molecule has 0 saturated heterocycles. The predicted octanol–water partition coefficient (Wildman–Crippen LogP) is 2.80. The summed E-state index contributed by atoms with van der Waals surface area (Å²) in [5.41, 5.74) is 0.831. The monoisotopic (exact) mass is 195 g/mol. The minimum Gasteiger partial charge on any atom is -0.435 e. The van der Waals surface area contributed by atoms with Crippen LogP contribution in [0.4, 0.5) is 8.78 Å². The highest BCUT2D eigenvalue weighted by molar-refractivity contribution is 5.54. The van der Waals surface area contributed by atoms with E-state index in [1.54, 1.807) is 0 Å². The maximum absolute atomic E-state index is 11.9. The lowest BCUT2D eigenvalue weighted by atomic mass is 10.1. The van der Waals surface area contributed by atoms with Gasteiger partial charge in [-0.1, -0.05) is 12.7 Å². The van der Waals surface area contributed by atoms with Crippen molar-refractivity contribution in [3.63, 3.8) is 0 Å². The molecule has 4 heteroatoms. The van der Waals surface area contributed by atoms with Gasteiger partial charge in [0, 0.05) is 0 Å². The Bertz CT molecular complexity index is 382. The largest absolute Gasteiger partial charge is 0.435 e. The van der Waals surface area contributed by atoms with Gasteiger partial charge in [0.05, 0.1) is 11.6 Å². The molecule has 0 amide bonds. The normalized spacial score (nSPS) is 9.57. The van der Waals surface area contributed by atoms with Gasteiger partial charge >= 0.3 is 6.61 Å². The lowest BCUT2D eigenvalue weighted by Gasteiger charge is -2.05. The van der Waals surface area contributed by atoms with Crippen molar-refractivity contribution in [2.45, 2.75) is 6.61 Å². The summed E-state index contributed by atoms with van der Waals surface area (Å²) in [6.45, 7) is 0.587. The van der Waals surface area contributed by atoms with Crippen molar-refractivity contribution in [3.05, 3.63) is 35.9 Å². The van der Waals surface area contributed by atoms with Gasteiger partial charge < -0.3 is 4.74 Å². The Balaban J connectivity index is 3.05. The number of halogens is 2. The average Bonchev–Trinajstić information content (AvgIpc) is 2.16. The Hall–Kier alpha value is -1.89. The Morgan fingerprint density at radius 3 is 2.64 bits per heavy atom. The van der Waals surface area contributed by atoms with Crippen LogP contribution in [0.15, 0.2) is 24.8 Å². The van der Waals surface area contributed by atoms with E-state index in [0.29, 0.717) is 5.56 Å². The lowest BCUT2D eigenvalue weighted by Crippen LogP contribution is -2.02. The van der Waals surface area contributed by atoms with E-state index in [4.69, 9.17) is 5.26 Å². The second-order valence-corrected chi connectivity index (χ2v) is 2.49. The number of alkyl halides is 2. The van der Waals surface area contributed by atoms with Gasteiger partial charge in [-0.2, -0.15) is 14.0 Å². The topological polar surface area (TPSA) is 33.0 Å². The summed E-state index contributed by atoms with van der Waals surface area (Å²) in [5.74, 6) is -0.0334. The van der Waals surface area contributed by atoms with Gasteiger partial charge in [0.2, 0.25) is 0 Å². The fraction of sp³-hybridized carbons (Fsp3) is 0.100. The minimum atomic E-state index is -2.89. The molecule has 0 aliphatic rings. The summed E-state index contributed by atoms with van der Waals surface area (Å²) in [7, 11) is 0. The highest BCUT2D eigenvalue weighted by Gasteiger charge is 2.05. The molecule has 72 valence electrons. The van der Waals surface area contributed by atoms with Crippen molar-refractivity contribution in [1.82, 2.24) is 0 Å². The maximum atomic E-state index is 11.9. The number of hydrogen-bond acceptors (Lipinski definition) is 2. The molecule has 0 atom stereocenters. The highest BCUT2D eigenvalue weighted by Crippen LogP contribution is 2.19. The van der Waals surface area contributed by atoms with Crippen LogP contribution in [-0.2, 0) is 0 Å². The zero-order valence-electron chi connectivity index (χ0n) is 7.21.